The summed E-state index contributed by atoms with van der Waals surface area (Å²) in [5.74, 6) is -4.04. The second kappa shape index (κ2) is 4.87. The number of hydrogen-bond donors (Lipinski definition) is 0. The van der Waals surface area contributed by atoms with E-state index in [1.54, 1.807) is 0 Å². The Morgan fingerprint density at radius 1 is 0.625 bits per heavy atom. The maximum Gasteiger partial charge on any atom is 0.306 e. The lowest BCUT2D eigenvalue weighted by Crippen LogP contribution is -1.89. The van der Waals surface area contributed by atoms with Crippen LogP contribution in [0.1, 0.15) is 11.1 Å². The second-order valence-corrected chi connectivity index (χ2v) is 2.69. The molecule has 0 amide bonds. The molecule has 0 bridgehead atoms. The normalized spacial score (nSPS) is 9.88. The summed E-state index contributed by atoms with van der Waals surface area (Å²) in [5, 5.41) is 0. The first kappa shape index (κ1) is 12.4. The average Bonchev–Trinajstić information content (AvgIpc) is 2.26. The highest BCUT2D eigenvalue weighted by Gasteiger charge is 2.18. The van der Waals surface area contributed by atoms with Crippen LogP contribution in [0.4, 0.5) is 26.3 Å². The van der Waals surface area contributed by atoms with Crippen LogP contribution in [0.15, 0.2) is 36.4 Å². The van der Waals surface area contributed by atoms with Gasteiger partial charge in [-0.15, -0.1) is 0 Å². The minimum atomic E-state index is -2.69. The van der Waals surface area contributed by atoms with Gasteiger partial charge in [0.2, 0.25) is 0 Å². The van der Waals surface area contributed by atoms with Gasteiger partial charge in [0.15, 0.2) is 11.7 Å². The number of hydrogen-bond acceptors (Lipinski definition) is 0. The molecule has 86 valence electrons. The van der Waals surface area contributed by atoms with Crippen molar-refractivity contribution in [2.75, 3.05) is 0 Å². The van der Waals surface area contributed by atoms with Crippen molar-refractivity contribution >= 4 is 11.7 Å². The quantitative estimate of drug-likeness (QED) is 0.652. The molecule has 6 heteroatoms. The molecule has 0 heterocycles. The van der Waals surface area contributed by atoms with Crippen molar-refractivity contribution in [3.05, 3.63) is 47.6 Å². The lowest BCUT2D eigenvalue weighted by atomic mass is 10.1. The van der Waals surface area contributed by atoms with Crippen molar-refractivity contribution in [3.63, 3.8) is 0 Å². The predicted octanol–water partition coefficient (Wildman–Crippen LogP) is 4.76. The van der Waals surface area contributed by atoms with Gasteiger partial charge in [0.1, 0.15) is 0 Å². The molecule has 1 rings (SSSR count). The first-order valence-corrected chi connectivity index (χ1v) is 3.96. The Hall–Kier alpha value is -1.72. The summed E-state index contributed by atoms with van der Waals surface area (Å²) in [5.41, 5.74) is -1.82. The molecule has 0 nitrogen and oxygen atoms in total. The van der Waals surface area contributed by atoms with Crippen LogP contribution in [0.3, 0.4) is 0 Å². The third-order valence-electron chi connectivity index (χ3n) is 1.73. The van der Waals surface area contributed by atoms with E-state index in [1.165, 1.54) is 0 Å². The Morgan fingerprint density at radius 2 is 0.938 bits per heavy atom. The van der Waals surface area contributed by atoms with Gasteiger partial charge in [-0.05, 0) is 0 Å². The van der Waals surface area contributed by atoms with Crippen molar-refractivity contribution in [1.82, 2.24) is 0 Å². The molecule has 1 aromatic rings. The van der Waals surface area contributed by atoms with Crippen molar-refractivity contribution in [2.24, 2.45) is 0 Å². The first-order valence-electron chi connectivity index (χ1n) is 3.96. The SMILES string of the molecule is FC(F)=C(F)c1ccccc1C(F)=C(F)F. The van der Waals surface area contributed by atoms with E-state index in [0.29, 0.717) is 0 Å². The van der Waals surface area contributed by atoms with Crippen LogP contribution >= 0.6 is 0 Å². The van der Waals surface area contributed by atoms with E-state index in [2.05, 4.69) is 0 Å². The third-order valence-corrected chi connectivity index (χ3v) is 1.73. The highest BCUT2D eigenvalue weighted by Crippen LogP contribution is 2.32. The van der Waals surface area contributed by atoms with Gasteiger partial charge in [0, 0.05) is 11.1 Å². The molecule has 0 fully saturated rings. The highest BCUT2D eigenvalue weighted by atomic mass is 19.3. The molecule has 0 aliphatic rings. The van der Waals surface area contributed by atoms with Gasteiger partial charge in [0.25, 0.3) is 0 Å². The fraction of sp³-hybridized carbons (Fsp3) is 0. The fourth-order valence-electron chi connectivity index (χ4n) is 1.07. The summed E-state index contributed by atoms with van der Waals surface area (Å²) in [6.07, 6.45) is -5.39. The van der Waals surface area contributed by atoms with Gasteiger partial charge in [-0.1, -0.05) is 24.3 Å². The molecule has 0 spiro atoms. The average molecular weight is 238 g/mol. The molecule has 0 aromatic heterocycles. The summed E-state index contributed by atoms with van der Waals surface area (Å²) >= 11 is 0. The number of rotatable bonds is 2. The van der Waals surface area contributed by atoms with E-state index in [1.807, 2.05) is 0 Å². The van der Waals surface area contributed by atoms with Crippen LogP contribution in [-0.4, -0.2) is 0 Å². The zero-order chi connectivity index (χ0) is 12.3. The predicted molar refractivity (Wildman–Crippen MR) is 46.9 cm³/mol. The smallest absolute Gasteiger partial charge is 0.200 e. The highest BCUT2D eigenvalue weighted by molar-refractivity contribution is 5.74. The van der Waals surface area contributed by atoms with E-state index in [4.69, 9.17) is 0 Å². The monoisotopic (exact) mass is 238 g/mol. The van der Waals surface area contributed by atoms with Crippen LogP contribution in [0, 0.1) is 0 Å². The van der Waals surface area contributed by atoms with Crippen molar-refractivity contribution in [1.29, 1.82) is 0 Å². The Kier molecular flexibility index (Phi) is 3.76. The first-order chi connectivity index (χ1) is 7.45. The molecule has 0 aliphatic heterocycles. The molecule has 0 saturated carbocycles. The molecule has 0 N–H and O–H groups in total. The zero-order valence-electron chi connectivity index (χ0n) is 7.58. The lowest BCUT2D eigenvalue weighted by molar-refractivity contribution is 0.407. The minimum absolute atomic E-state index is 0.784. The molecule has 0 aliphatic carbocycles. The lowest BCUT2D eigenvalue weighted by Gasteiger charge is -2.03. The Morgan fingerprint density at radius 3 is 1.19 bits per heavy atom. The number of halogens is 6. The summed E-state index contributed by atoms with van der Waals surface area (Å²) < 4.78 is 73.4. The summed E-state index contributed by atoms with van der Waals surface area (Å²) in [4.78, 5) is 0. The minimum Gasteiger partial charge on any atom is -0.200 e. The molecule has 0 unspecified atom stereocenters. The van der Waals surface area contributed by atoms with Crippen molar-refractivity contribution < 1.29 is 26.3 Å². The Balaban J connectivity index is 3.44. The Bertz CT molecular complexity index is 409. The summed E-state index contributed by atoms with van der Waals surface area (Å²) in [7, 11) is 0. The van der Waals surface area contributed by atoms with Crippen molar-refractivity contribution in [3.8, 4) is 0 Å². The van der Waals surface area contributed by atoms with E-state index in [9.17, 15) is 26.3 Å². The fourth-order valence-corrected chi connectivity index (χ4v) is 1.07. The summed E-state index contributed by atoms with van der Waals surface area (Å²) in [6, 6.07) is 3.83. The molecule has 0 saturated heterocycles. The maximum atomic E-state index is 12.8. The van der Waals surface area contributed by atoms with Gasteiger partial charge in [-0.3, -0.25) is 0 Å². The summed E-state index contributed by atoms with van der Waals surface area (Å²) in [6.45, 7) is 0. The molecular weight excluding hydrogens is 234 g/mol. The maximum absolute atomic E-state index is 12.8. The van der Waals surface area contributed by atoms with Gasteiger partial charge in [0.05, 0.1) is 0 Å². The third kappa shape index (κ3) is 2.44. The van der Waals surface area contributed by atoms with Gasteiger partial charge < -0.3 is 0 Å². The van der Waals surface area contributed by atoms with Crippen LogP contribution < -0.4 is 0 Å². The topological polar surface area (TPSA) is 0 Å². The van der Waals surface area contributed by atoms with E-state index >= 15 is 0 Å². The van der Waals surface area contributed by atoms with Crippen LogP contribution in [0.25, 0.3) is 11.7 Å². The van der Waals surface area contributed by atoms with E-state index < -0.39 is 34.9 Å². The van der Waals surface area contributed by atoms with Gasteiger partial charge in [-0.2, -0.15) is 17.6 Å². The van der Waals surface area contributed by atoms with Crippen molar-refractivity contribution in [2.45, 2.75) is 0 Å². The largest absolute Gasteiger partial charge is 0.306 e. The standard InChI is InChI=1S/C10H4F6/c11-7(9(13)14)5-3-1-2-4-6(5)8(12)10(15)16/h1-4H. The second-order valence-electron chi connectivity index (χ2n) is 2.69. The van der Waals surface area contributed by atoms with E-state index in [0.717, 1.165) is 24.3 Å². The van der Waals surface area contributed by atoms with Crippen LogP contribution in [0.2, 0.25) is 0 Å². The van der Waals surface area contributed by atoms with Gasteiger partial charge >= 0.3 is 12.2 Å². The molecule has 1 aromatic carbocycles. The van der Waals surface area contributed by atoms with Crippen LogP contribution in [-0.2, 0) is 0 Å². The van der Waals surface area contributed by atoms with Gasteiger partial charge in [-0.25, -0.2) is 8.78 Å². The molecule has 0 atom stereocenters. The van der Waals surface area contributed by atoms with E-state index in [-0.39, 0.29) is 0 Å². The molecular formula is C10H4F6. The molecule has 0 radical (unpaired) electrons. The molecule has 16 heavy (non-hydrogen) atoms. The number of benzene rings is 1. The Labute approximate surface area is 86.5 Å². The van der Waals surface area contributed by atoms with Crippen LogP contribution in [0.5, 0.6) is 0 Å². The zero-order valence-corrected chi connectivity index (χ0v) is 7.58.